The van der Waals surface area contributed by atoms with Gasteiger partial charge in [0.25, 0.3) is 0 Å². The molecule has 0 spiro atoms. The van der Waals surface area contributed by atoms with E-state index in [2.05, 4.69) is 4.90 Å². The first-order chi connectivity index (χ1) is 9.61. The van der Waals surface area contributed by atoms with Crippen LogP contribution in [0, 0.1) is 11.6 Å². The van der Waals surface area contributed by atoms with Crippen molar-refractivity contribution >= 4 is 5.78 Å². The Kier molecular flexibility index (Phi) is 5.24. The lowest BCUT2D eigenvalue weighted by atomic mass is 9.94. The number of carbonyl (C=O) groups is 1. The van der Waals surface area contributed by atoms with E-state index in [1.54, 1.807) is 0 Å². The molecule has 110 valence electrons. The van der Waals surface area contributed by atoms with Gasteiger partial charge in [-0.2, -0.15) is 0 Å². The largest absolute Gasteiger partial charge is 0.293 e. The predicted molar refractivity (Wildman–Crippen MR) is 74.8 cm³/mol. The zero-order chi connectivity index (χ0) is 14.5. The number of carbonyl (C=O) groups excluding carboxylic acids is 1. The van der Waals surface area contributed by atoms with Crippen LogP contribution in [-0.2, 0) is 0 Å². The van der Waals surface area contributed by atoms with Crippen LogP contribution in [-0.4, -0.2) is 29.8 Å². The van der Waals surface area contributed by atoms with Crippen LogP contribution in [0.4, 0.5) is 8.78 Å². The van der Waals surface area contributed by atoms with Crippen molar-refractivity contribution in [3.05, 3.63) is 35.4 Å². The SMILES string of the molecule is CCN(CC(=O)c1ccc(F)c(F)c1)C1CCCCC1. The van der Waals surface area contributed by atoms with Crippen molar-refractivity contribution in [2.75, 3.05) is 13.1 Å². The molecule has 0 unspecified atom stereocenters. The number of hydrogen-bond donors (Lipinski definition) is 0. The lowest BCUT2D eigenvalue weighted by Crippen LogP contribution is -2.40. The zero-order valence-corrected chi connectivity index (χ0v) is 11.9. The molecule has 4 heteroatoms. The maximum absolute atomic E-state index is 13.2. The van der Waals surface area contributed by atoms with Crippen molar-refractivity contribution in [2.45, 2.75) is 45.1 Å². The standard InChI is InChI=1S/C16H21F2NO/c1-2-19(13-6-4-3-5-7-13)11-16(20)12-8-9-14(17)15(18)10-12/h8-10,13H,2-7,11H2,1H3. The minimum atomic E-state index is -0.962. The number of nitrogens with zero attached hydrogens (tertiary/aromatic N) is 1. The van der Waals surface area contributed by atoms with Gasteiger partial charge in [0, 0.05) is 11.6 Å². The molecule has 0 N–H and O–H groups in total. The highest BCUT2D eigenvalue weighted by Gasteiger charge is 2.22. The maximum Gasteiger partial charge on any atom is 0.176 e. The first kappa shape index (κ1) is 15.1. The molecule has 0 heterocycles. The average Bonchev–Trinajstić information content (AvgIpc) is 2.48. The van der Waals surface area contributed by atoms with Gasteiger partial charge in [0.05, 0.1) is 6.54 Å². The summed E-state index contributed by atoms with van der Waals surface area (Å²) in [5.74, 6) is -2.02. The van der Waals surface area contributed by atoms with E-state index in [4.69, 9.17) is 0 Å². The molecule has 0 saturated heterocycles. The molecule has 0 amide bonds. The third kappa shape index (κ3) is 3.63. The zero-order valence-electron chi connectivity index (χ0n) is 11.9. The van der Waals surface area contributed by atoms with Gasteiger partial charge in [0.1, 0.15) is 0 Å². The van der Waals surface area contributed by atoms with Crippen molar-refractivity contribution in [3.8, 4) is 0 Å². The smallest absolute Gasteiger partial charge is 0.176 e. The quantitative estimate of drug-likeness (QED) is 0.765. The average molecular weight is 281 g/mol. The van der Waals surface area contributed by atoms with Crippen LogP contribution in [0.25, 0.3) is 0 Å². The molecular formula is C16H21F2NO. The fourth-order valence-corrected chi connectivity index (χ4v) is 2.89. The molecule has 1 fully saturated rings. The van der Waals surface area contributed by atoms with Crippen LogP contribution in [0.1, 0.15) is 49.4 Å². The third-order valence-corrected chi connectivity index (χ3v) is 4.09. The van der Waals surface area contributed by atoms with E-state index < -0.39 is 11.6 Å². The Labute approximate surface area is 118 Å². The molecule has 0 aromatic heterocycles. The number of rotatable bonds is 5. The van der Waals surface area contributed by atoms with Gasteiger partial charge in [-0.05, 0) is 37.6 Å². The number of Topliss-reactive ketones (excluding diaryl/α,β-unsaturated/α-hetero) is 1. The summed E-state index contributed by atoms with van der Waals surface area (Å²) in [5.41, 5.74) is 0.248. The fourth-order valence-electron chi connectivity index (χ4n) is 2.89. The molecule has 0 atom stereocenters. The van der Waals surface area contributed by atoms with Crippen LogP contribution in [0.3, 0.4) is 0 Å². The van der Waals surface area contributed by atoms with E-state index in [0.717, 1.165) is 31.5 Å². The van der Waals surface area contributed by atoms with E-state index in [9.17, 15) is 13.6 Å². The first-order valence-corrected chi connectivity index (χ1v) is 7.34. The lowest BCUT2D eigenvalue weighted by molar-refractivity contribution is 0.0868. The molecular weight excluding hydrogens is 260 g/mol. The Hall–Kier alpha value is -1.29. The Bertz CT molecular complexity index is 470. The molecule has 1 aromatic rings. The van der Waals surface area contributed by atoms with Gasteiger partial charge in [0.15, 0.2) is 17.4 Å². The minimum Gasteiger partial charge on any atom is -0.293 e. The summed E-state index contributed by atoms with van der Waals surface area (Å²) in [4.78, 5) is 14.3. The molecule has 0 bridgehead atoms. The van der Waals surface area contributed by atoms with E-state index in [-0.39, 0.29) is 17.9 Å². The fraction of sp³-hybridized carbons (Fsp3) is 0.562. The number of benzene rings is 1. The van der Waals surface area contributed by atoms with Gasteiger partial charge in [-0.25, -0.2) is 8.78 Å². The highest BCUT2D eigenvalue weighted by Crippen LogP contribution is 2.22. The predicted octanol–water partition coefficient (Wildman–Crippen LogP) is 3.80. The van der Waals surface area contributed by atoms with Crippen LogP contribution >= 0.6 is 0 Å². The summed E-state index contributed by atoms with van der Waals surface area (Å²) in [6.07, 6.45) is 5.93. The summed E-state index contributed by atoms with van der Waals surface area (Å²) >= 11 is 0. The van der Waals surface area contributed by atoms with Crippen molar-refractivity contribution in [1.29, 1.82) is 0 Å². The number of ketones is 1. The normalized spacial score (nSPS) is 16.6. The summed E-state index contributed by atoms with van der Waals surface area (Å²) < 4.78 is 26.1. The van der Waals surface area contributed by atoms with Crippen molar-refractivity contribution in [1.82, 2.24) is 4.90 Å². The molecule has 1 saturated carbocycles. The number of hydrogen-bond acceptors (Lipinski definition) is 2. The van der Waals surface area contributed by atoms with E-state index in [0.29, 0.717) is 6.04 Å². The van der Waals surface area contributed by atoms with Crippen LogP contribution in [0.15, 0.2) is 18.2 Å². The van der Waals surface area contributed by atoms with Crippen molar-refractivity contribution < 1.29 is 13.6 Å². The van der Waals surface area contributed by atoms with Gasteiger partial charge in [0.2, 0.25) is 0 Å². The van der Waals surface area contributed by atoms with Crippen LogP contribution in [0.5, 0.6) is 0 Å². The first-order valence-electron chi connectivity index (χ1n) is 7.34. The second-order valence-electron chi connectivity index (χ2n) is 5.41. The van der Waals surface area contributed by atoms with Crippen molar-refractivity contribution in [3.63, 3.8) is 0 Å². The van der Waals surface area contributed by atoms with E-state index in [1.165, 1.54) is 25.3 Å². The summed E-state index contributed by atoms with van der Waals surface area (Å²) in [6.45, 7) is 3.12. The van der Waals surface area contributed by atoms with Gasteiger partial charge in [-0.3, -0.25) is 9.69 Å². The topological polar surface area (TPSA) is 20.3 Å². The molecule has 2 rings (SSSR count). The monoisotopic (exact) mass is 281 g/mol. The lowest BCUT2D eigenvalue weighted by Gasteiger charge is -2.33. The molecule has 0 radical (unpaired) electrons. The molecule has 1 aromatic carbocycles. The Morgan fingerprint density at radius 1 is 1.20 bits per heavy atom. The van der Waals surface area contributed by atoms with Gasteiger partial charge < -0.3 is 0 Å². The second kappa shape index (κ2) is 6.93. The third-order valence-electron chi connectivity index (χ3n) is 4.09. The molecule has 1 aliphatic rings. The van der Waals surface area contributed by atoms with E-state index in [1.807, 2.05) is 6.92 Å². The minimum absolute atomic E-state index is 0.142. The van der Waals surface area contributed by atoms with Gasteiger partial charge in [-0.1, -0.05) is 26.2 Å². The summed E-state index contributed by atoms with van der Waals surface area (Å²) in [5, 5.41) is 0. The number of halogens is 2. The van der Waals surface area contributed by atoms with Crippen LogP contribution in [0.2, 0.25) is 0 Å². The Balaban J connectivity index is 2.02. The van der Waals surface area contributed by atoms with Crippen molar-refractivity contribution in [2.24, 2.45) is 0 Å². The van der Waals surface area contributed by atoms with Crippen LogP contribution < -0.4 is 0 Å². The Morgan fingerprint density at radius 2 is 1.90 bits per heavy atom. The highest BCUT2D eigenvalue weighted by molar-refractivity contribution is 5.97. The van der Waals surface area contributed by atoms with E-state index >= 15 is 0 Å². The maximum atomic E-state index is 13.2. The van der Waals surface area contributed by atoms with Gasteiger partial charge in [-0.15, -0.1) is 0 Å². The van der Waals surface area contributed by atoms with Gasteiger partial charge >= 0.3 is 0 Å². The molecule has 0 aliphatic heterocycles. The number of likely N-dealkylation sites (N-methyl/N-ethyl adjacent to an activating group) is 1. The Morgan fingerprint density at radius 3 is 2.50 bits per heavy atom. The molecule has 1 aliphatic carbocycles. The highest BCUT2D eigenvalue weighted by atomic mass is 19.2. The summed E-state index contributed by atoms with van der Waals surface area (Å²) in [6, 6.07) is 3.81. The summed E-state index contributed by atoms with van der Waals surface area (Å²) in [7, 11) is 0. The molecule has 20 heavy (non-hydrogen) atoms. The molecule has 2 nitrogen and oxygen atoms in total. The second-order valence-corrected chi connectivity index (χ2v) is 5.41.